The Kier molecular flexibility index (Phi) is 4.12. The summed E-state index contributed by atoms with van der Waals surface area (Å²) >= 11 is 1.13. The molecule has 0 saturated carbocycles. The van der Waals surface area contributed by atoms with Crippen molar-refractivity contribution in [3.8, 4) is 0 Å². The summed E-state index contributed by atoms with van der Waals surface area (Å²) in [7, 11) is 0. The van der Waals surface area contributed by atoms with Crippen LogP contribution in [-0.2, 0) is 11.3 Å². The number of thiazole rings is 1. The maximum Gasteiger partial charge on any atom is 0.307 e. The highest BCUT2D eigenvalue weighted by atomic mass is 32.1. The standard InChI is InChI=1S/C17H19N5O2S/c1-12-11-25-17(24)22(12)10-15(23)20-7-4-5-13(9-20)16-19-18-14-6-2-3-8-21(14)16/h2-3,6,8,11,13H,4-5,7,9-10H2,1H3. The highest BCUT2D eigenvalue weighted by molar-refractivity contribution is 7.07. The molecule has 4 rings (SSSR count). The molecule has 0 N–H and O–H groups in total. The molecule has 1 aliphatic rings. The Hall–Kier alpha value is -2.48. The van der Waals surface area contributed by atoms with Gasteiger partial charge in [0, 0.05) is 36.3 Å². The number of piperidine rings is 1. The average molecular weight is 357 g/mol. The van der Waals surface area contributed by atoms with Gasteiger partial charge in [0.25, 0.3) is 0 Å². The van der Waals surface area contributed by atoms with E-state index in [4.69, 9.17) is 0 Å². The fourth-order valence-corrected chi connectivity index (χ4v) is 4.12. The van der Waals surface area contributed by atoms with E-state index < -0.39 is 0 Å². The SMILES string of the molecule is Cc1csc(=O)n1CC(=O)N1CCCC(c2nnc3ccccn23)C1. The van der Waals surface area contributed by atoms with Crippen molar-refractivity contribution >= 4 is 22.9 Å². The zero-order valence-electron chi connectivity index (χ0n) is 14.0. The molecule has 25 heavy (non-hydrogen) atoms. The lowest BCUT2D eigenvalue weighted by atomic mass is 9.97. The van der Waals surface area contributed by atoms with E-state index in [9.17, 15) is 9.59 Å². The smallest absolute Gasteiger partial charge is 0.307 e. The van der Waals surface area contributed by atoms with E-state index in [1.165, 1.54) is 0 Å². The van der Waals surface area contributed by atoms with Gasteiger partial charge in [0.05, 0.1) is 0 Å². The van der Waals surface area contributed by atoms with Gasteiger partial charge in [0.15, 0.2) is 5.65 Å². The molecule has 7 nitrogen and oxygen atoms in total. The monoisotopic (exact) mass is 357 g/mol. The lowest BCUT2D eigenvalue weighted by Gasteiger charge is -2.32. The van der Waals surface area contributed by atoms with Crippen molar-refractivity contribution in [3.63, 3.8) is 0 Å². The minimum Gasteiger partial charge on any atom is -0.340 e. The second kappa shape index (κ2) is 6.44. The molecule has 3 aromatic heterocycles. The number of amides is 1. The second-order valence-corrected chi connectivity index (χ2v) is 7.22. The number of pyridine rings is 1. The van der Waals surface area contributed by atoms with Gasteiger partial charge in [-0.3, -0.25) is 18.6 Å². The van der Waals surface area contributed by atoms with E-state index in [-0.39, 0.29) is 23.2 Å². The maximum absolute atomic E-state index is 12.7. The second-order valence-electron chi connectivity index (χ2n) is 6.40. The number of rotatable bonds is 3. The molecule has 0 radical (unpaired) electrons. The molecule has 0 aromatic carbocycles. The molecule has 0 bridgehead atoms. The third-order valence-electron chi connectivity index (χ3n) is 4.75. The zero-order chi connectivity index (χ0) is 17.4. The van der Waals surface area contributed by atoms with Crippen molar-refractivity contribution in [2.24, 2.45) is 0 Å². The molecule has 1 aliphatic heterocycles. The zero-order valence-corrected chi connectivity index (χ0v) is 14.8. The van der Waals surface area contributed by atoms with E-state index in [2.05, 4.69) is 10.2 Å². The predicted octanol–water partition coefficient (Wildman–Crippen LogP) is 1.67. The van der Waals surface area contributed by atoms with Crippen LogP contribution in [0.25, 0.3) is 5.65 Å². The van der Waals surface area contributed by atoms with Gasteiger partial charge in [-0.05, 0) is 31.9 Å². The molecule has 1 saturated heterocycles. The van der Waals surface area contributed by atoms with Crippen LogP contribution in [-0.4, -0.2) is 43.1 Å². The molecular formula is C17H19N5O2S. The fraction of sp³-hybridized carbons (Fsp3) is 0.412. The number of hydrogen-bond acceptors (Lipinski definition) is 5. The third-order valence-corrected chi connectivity index (χ3v) is 5.63. The van der Waals surface area contributed by atoms with Gasteiger partial charge in [-0.15, -0.1) is 10.2 Å². The Labute approximate surface area is 148 Å². The largest absolute Gasteiger partial charge is 0.340 e. The summed E-state index contributed by atoms with van der Waals surface area (Å²) in [5.41, 5.74) is 1.65. The summed E-state index contributed by atoms with van der Waals surface area (Å²) in [6, 6.07) is 5.82. The molecule has 1 fully saturated rings. The number of likely N-dealkylation sites (tertiary alicyclic amines) is 1. The van der Waals surface area contributed by atoms with E-state index in [0.717, 1.165) is 47.9 Å². The highest BCUT2D eigenvalue weighted by Gasteiger charge is 2.28. The van der Waals surface area contributed by atoms with E-state index in [0.29, 0.717) is 6.54 Å². The van der Waals surface area contributed by atoms with Gasteiger partial charge in [-0.25, -0.2) is 0 Å². The molecule has 1 unspecified atom stereocenters. The fourth-order valence-electron chi connectivity index (χ4n) is 3.38. The lowest BCUT2D eigenvalue weighted by Crippen LogP contribution is -2.42. The van der Waals surface area contributed by atoms with Crippen LogP contribution < -0.4 is 4.87 Å². The summed E-state index contributed by atoms with van der Waals surface area (Å²) in [4.78, 5) is 26.3. The number of hydrogen-bond donors (Lipinski definition) is 0. The van der Waals surface area contributed by atoms with E-state index in [1.807, 2.05) is 40.6 Å². The number of carbonyl (C=O) groups is 1. The van der Waals surface area contributed by atoms with Crippen LogP contribution in [0.2, 0.25) is 0 Å². The number of aryl methyl sites for hydroxylation is 1. The summed E-state index contributed by atoms with van der Waals surface area (Å²) in [6.45, 7) is 3.31. The van der Waals surface area contributed by atoms with Gasteiger partial charge in [-0.1, -0.05) is 17.4 Å². The van der Waals surface area contributed by atoms with Crippen molar-refractivity contribution in [1.82, 2.24) is 24.1 Å². The van der Waals surface area contributed by atoms with Gasteiger partial charge < -0.3 is 4.90 Å². The van der Waals surface area contributed by atoms with Crippen molar-refractivity contribution in [2.75, 3.05) is 13.1 Å². The van der Waals surface area contributed by atoms with Crippen LogP contribution >= 0.6 is 11.3 Å². The Bertz CT molecular complexity index is 973. The number of aromatic nitrogens is 4. The van der Waals surface area contributed by atoms with Crippen molar-refractivity contribution in [3.05, 3.63) is 51.0 Å². The molecule has 3 aromatic rings. The van der Waals surface area contributed by atoms with Crippen molar-refractivity contribution < 1.29 is 4.79 Å². The van der Waals surface area contributed by atoms with E-state index in [1.54, 1.807) is 9.95 Å². The Balaban J connectivity index is 1.53. The van der Waals surface area contributed by atoms with Gasteiger partial charge in [0.2, 0.25) is 5.91 Å². The molecule has 4 heterocycles. The lowest BCUT2D eigenvalue weighted by molar-refractivity contribution is -0.133. The maximum atomic E-state index is 12.7. The van der Waals surface area contributed by atoms with Crippen LogP contribution in [0.15, 0.2) is 34.6 Å². The van der Waals surface area contributed by atoms with Crippen LogP contribution in [0.1, 0.15) is 30.3 Å². The normalized spacial score (nSPS) is 18.0. The highest BCUT2D eigenvalue weighted by Crippen LogP contribution is 2.26. The molecular weight excluding hydrogens is 338 g/mol. The van der Waals surface area contributed by atoms with Crippen molar-refractivity contribution in [2.45, 2.75) is 32.2 Å². The minimum atomic E-state index is -0.0807. The molecule has 130 valence electrons. The summed E-state index contributed by atoms with van der Waals surface area (Å²) in [6.07, 6.45) is 3.87. The van der Waals surface area contributed by atoms with Gasteiger partial charge in [0.1, 0.15) is 12.4 Å². The molecule has 1 amide bonds. The number of nitrogens with zero attached hydrogens (tertiary/aromatic N) is 5. The van der Waals surface area contributed by atoms with Crippen LogP contribution in [0.5, 0.6) is 0 Å². The van der Waals surface area contributed by atoms with Gasteiger partial charge >= 0.3 is 4.87 Å². The van der Waals surface area contributed by atoms with Gasteiger partial charge in [-0.2, -0.15) is 0 Å². The number of carbonyl (C=O) groups excluding carboxylic acids is 1. The molecule has 0 aliphatic carbocycles. The van der Waals surface area contributed by atoms with E-state index >= 15 is 0 Å². The molecule has 0 spiro atoms. The van der Waals surface area contributed by atoms with Crippen LogP contribution in [0.3, 0.4) is 0 Å². The minimum absolute atomic E-state index is 0.0119. The Morgan fingerprint density at radius 3 is 3.04 bits per heavy atom. The summed E-state index contributed by atoms with van der Waals surface area (Å²) < 4.78 is 3.54. The first kappa shape index (κ1) is 16.0. The van der Waals surface area contributed by atoms with Crippen LogP contribution in [0.4, 0.5) is 0 Å². The first-order valence-corrected chi connectivity index (χ1v) is 9.24. The predicted molar refractivity (Wildman–Crippen MR) is 94.9 cm³/mol. The topological polar surface area (TPSA) is 72.5 Å². The Morgan fingerprint density at radius 1 is 1.36 bits per heavy atom. The summed E-state index contributed by atoms with van der Waals surface area (Å²) in [5, 5.41) is 10.3. The Morgan fingerprint density at radius 2 is 2.24 bits per heavy atom. The van der Waals surface area contributed by atoms with Crippen LogP contribution in [0, 0.1) is 6.92 Å². The first-order chi connectivity index (χ1) is 12.1. The van der Waals surface area contributed by atoms with Crippen molar-refractivity contribution in [1.29, 1.82) is 0 Å². The number of fused-ring (bicyclic) bond motifs is 1. The quantitative estimate of drug-likeness (QED) is 0.715. The molecule has 8 heteroatoms. The summed E-state index contributed by atoms with van der Waals surface area (Å²) in [5.74, 6) is 1.05. The molecule has 1 atom stereocenters. The first-order valence-electron chi connectivity index (χ1n) is 8.36. The third kappa shape index (κ3) is 2.97. The average Bonchev–Trinajstić information content (AvgIpc) is 3.20.